The van der Waals surface area contributed by atoms with E-state index in [9.17, 15) is 0 Å². The molecule has 0 rings (SSSR count). The maximum atomic E-state index is 8.38. The van der Waals surface area contributed by atoms with Crippen LogP contribution in [0, 0.1) is 47.0 Å². The van der Waals surface area contributed by atoms with E-state index < -0.39 is 8.07 Å². The van der Waals surface area contributed by atoms with Gasteiger partial charge in [-0.05, 0) is 53.7 Å². The van der Waals surface area contributed by atoms with E-state index in [2.05, 4.69) is 67.8 Å². The van der Waals surface area contributed by atoms with Gasteiger partial charge in [0.25, 0.3) is 0 Å². The van der Waals surface area contributed by atoms with Crippen LogP contribution in [-0.2, 0) is 0 Å². The molecular formula is C15H18OSi. The fourth-order valence-electron chi connectivity index (χ4n) is 1.39. The zero-order chi connectivity index (χ0) is 13.0. The molecule has 1 nitrogen and oxygen atoms in total. The summed E-state index contributed by atoms with van der Waals surface area (Å²) in [5.74, 6) is 18.3. The number of hydrogen-bond acceptors (Lipinski definition) is 1. The minimum absolute atomic E-state index is 0.167. The van der Waals surface area contributed by atoms with Crippen molar-refractivity contribution >= 4 is 8.07 Å². The van der Waals surface area contributed by atoms with Gasteiger partial charge in [-0.15, -0.1) is 5.54 Å². The summed E-state index contributed by atoms with van der Waals surface area (Å²) in [5, 5.41) is 8.38. The van der Waals surface area contributed by atoms with Crippen LogP contribution in [0.25, 0.3) is 0 Å². The molecule has 88 valence electrons. The molecular weight excluding hydrogens is 224 g/mol. The van der Waals surface area contributed by atoms with E-state index in [4.69, 9.17) is 5.11 Å². The van der Waals surface area contributed by atoms with Crippen LogP contribution in [-0.4, -0.2) is 19.8 Å². The summed E-state index contributed by atoms with van der Waals surface area (Å²) in [5.41, 5.74) is 3.36. The topological polar surface area (TPSA) is 20.2 Å². The summed E-state index contributed by atoms with van der Waals surface area (Å²) in [6.45, 7) is 6.47. The first kappa shape index (κ1) is 15.4. The summed E-state index contributed by atoms with van der Waals surface area (Å²) >= 11 is 0. The lowest BCUT2D eigenvalue weighted by Crippen LogP contribution is -2.29. The van der Waals surface area contributed by atoms with E-state index in [-0.39, 0.29) is 6.61 Å². The van der Waals surface area contributed by atoms with Crippen LogP contribution < -0.4 is 0 Å². The van der Waals surface area contributed by atoms with Gasteiger partial charge in [0.15, 0.2) is 0 Å². The highest BCUT2D eigenvalue weighted by Gasteiger charge is 2.23. The van der Waals surface area contributed by atoms with Crippen molar-refractivity contribution in [2.45, 2.75) is 38.9 Å². The molecule has 0 fully saturated rings. The van der Waals surface area contributed by atoms with Gasteiger partial charge in [0.2, 0.25) is 0 Å². The second-order valence-electron chi connectivity index (χ2n) is 3.55. The Kier molecular flexibility index (Phi) is 8.73. The summed E-state index contributed by atoms with van der Waals surface area (Å²) in [7, 11) is -1.37. The molecule has 0 spiro atoms. The summed E-state index contributed by atoms with van der Waals surface area (Å²) in [4.78, 5) is 0. The molecule has 0 aromatic heterocycles. The van der Waals surface area contributed by atoms with E-state index in [1.165, 1.54) is 18.1 Å². The fraction of sp³-hybridized carbons (Fsp3) is 0.467. The predicted molar refractivity (Wildman–Crippen MR) is 75.4 cm³/mol. The molecule has 0 aromatic rings. The number of rotatable bonds is 3. The van der Waals surface area contributed by atoms with E-state index in [0.29, 0.717) is 0 Å². The molecule has 0 aliphatic heterocycles. The molecule has 0 atom stereocenters. The maximum absolute atomic E-state index is 8.38. The lowest BCUT2D eigenvalue weighted by Gasteiger charge is -2.19. The van der Waals surface area contributed by atoms with Gasteiger partial charge in [-0.25, -0.2) is 0 Å². The largest absolute Gasteiger partial charge is 0.384 e. The van der Waals surface area contributed by atoms with Crippen molar-refractivity contribution in [3.05, 3.63) is 0 Å². The van der Waals surface area contributed by atoms with Crippen LogP contribution in [0.4, 0.5) is 0 Å². The first-order valence-corrected chi connectivity index (χ1v) is 8.47. The average molecular weight is 242 g/mol. The highest BCUT2D eigenvalue weighted by Crippen LogP contribution is 2.18. The molecule has 0 saturated heterocycles. The molecule has 2 heteroatoms. The van der Waals surface area contributed by atoms with Crippen molar-refractivity contribution < 1.29 is 5.11 Å². The number of hydrogen-bond donors (Lipinski definition) is 1. The van der Waals surface area contributed by atoms with Crippen molar-refractivity contribution in [3.8, 4) is 47.0 Å². The van der Waals surface area contributed by atoms with Crippen molar-refractivity contribution in [3.63, 3.8) is 0 Å². The third-order valence-corrected chi connectivity index (χ3v) is 7.55. The standard InChI is InChI=1S/C15H18OSi/c1-4-17(5-2,6-3)15-13-11-9-7-8-10-12-14-16/h16H,4-6,14H2,1-3H3. The second kappa shape index (κ2) is 9.63. The highest BCUT2D eigenvalue weighted by molar-refractivity contribution is 6.87. The normalized spacial score (nSPS) is 8.24. The van der Waals surface area contributed by atoms with Gasteiger partial charge in [-0.2, -0.15) is 0 Å². The van der Waals surface area contributed by atoms with Crippen LogP contribution in [0.5, 0.6) is 0 Å². The second-order valence-corrected chi connectivity index (χ2v) is 8.48. The van der Waals surface area contributed by atoms with Crippen molar-refractivity contribution in [1.29, 1.82) is 0 Å². The average Bonchev–Trinajstić information content (AvgIpc) is 2.38. The Balaban J connectivity index is 4.55. The molecule has 0 saturated carbocycles. The molecule has 17 heavy (non-hydrogen) atoms. The predicted octanol–water partition coefficient (Wildman–Crippen LogP) is 2.04. The van der Waals surface area contributed by atoms with Crippen LogP contribution in [0.15, 0.2) is 0 Å². The molecule has 0 aliphatic rings. The SMILES string of the molecule is CC[Si](C#CC#CC#CC#CCO)(CC)CC. The van der Waals surface area contributed by atoms with E-state index in [1.807, 2.05) is 0 Å². The van der Waals surface area contributed by atoms with Gasteiger partial charge in [-0.3, -0.25) is 0 Å². The Hall–Kier alpha value is -1.58. The van der Waals surface area contributed by atoms with Gasteiger partial charge < -0.3 is 5.11 Å². The first-order valence-electron chi connectivity index (χ1n) is 5.85. The summed E-state index contributed by atoms with van der Waals surface area (Å²) in [6, 6.07) is 3.55. The van der Waals surface area contributed by atoms with Gasteiger partial charge in [0, 0.05) is 0 Å². The monoisotopic (exact) mass is 242 g/mol. The molecule has 0 radical (unpaired) electrons. The van der Waals surface area contributed by atoms with Crippen molar-refractivity contribution in [1.82, 2.24) is 0 Å². The molecule has 0 aliphatic carbocycles. The van der Waals surface area contributed by atoms with Crippen LogP contribution in [0.2, 0.25) is 18.1 Å². The van der Waals surface area contributed by atoms with E-state index in [0.717, 1.165) is 0 Å². The number of aliphatic hydroxyl groups is 1. The molecule has 0 unspecified atom stereocenters. The van der Waals surface area contributed by atoms with Gasteiger partial charge in [-0.1, -0.05) is 26.7 Å². The third-order valence-electron chi connectivity index (χ3n) is 2.84. The third kappa shape index (κ3) is 6.55. The minimum Gasteiger partial charge on any atom is -0.384 e. The minimum atomic E-state index is -1.37. The van der Waals surface area contributed by atoms with Gasteiger partial charge in [0.1, 0.15) is 14.7 Å². The molecule has 1 N–H and O–H groups in total. The maximum Gasteiger partial charge on any atom is 0.139 e. The Morgan fingerprint density at radius 3 is 1.71 bits per heavy atom. The van der Waals surface area contributed by atoms with Crippen molar-refractivity contribution in [2.75, 3.05) is 6.61 Å². The Morgan fingerprint density at radius 1 is 0.765 bits per heavy atom. The highest BCUT2D eigenvalue weighted by atomic mass is 28.3. The zero-order valence-corrected chi connectivity index (χ0v) is 11.8. The molecule has 0 amide bonds. The Morgan fingerprint density at radius 2 is 1.24 bits per heavy atom. The van der Waals surface area contributed by atoms with E-state index in [1.54, 1.807) is 0 Å². The summed E-state index contributed by atoms with van der Waals surface area (Å²) in [6.07, 6.45) is 0. The summed E-state index contributed by atoms with van der Waals surface area (Å²) < 4.78 is 0. The van der Waals surface area contributed by atoms with Crippen LogP contribution >= 0.6 is 0 Å². The number of aliphatic hydroxyl groups excluding tert-OH is 1. The van der Waals surface area contributed by atoms with Gasteiger partial charge >= 0.3 is 0 Å². The van der Waals surface area contributed by atoms with Crippen LogP contribution in [0.3, 0.4) is 0 Å². The Labute approximate surface area is 106 Å². The van der Waals surface area contributed by atoms with Crippen LogP contribution in [0.1, 0.15) is 20.8 Å². The Bertz CT molecular complexity index is 448. The molecule has 0 aromatic carbocycles. The van der Waals surface area contributed by atoms with Gasteiger partial charge in [0.05, 0.1) is 0 Å². The molecule has 0 bridgehead atoms. The first-order chi connectivity index (χ1) is 8.24. The lowest BCUT2D eigenvalue weighted by molar-refractivity contribution is 0.350. The van der Waals surface area contributed by atoms with Crippen molar-refractivity contribution in [2.24, 2.45) is 0 Å². The smallest absolute Gasteiger partial charge is 0.139 e. The quantitative estimate of drug-likeness (QED) is 0.593. The zero-order valence-electron chi connectivity index (χ0n) is 10.8. The molecule has 0 heterocycles. The fourth-order valence-corrected chi connectivity index (χ4v) is 3.75. The lowest BCUT2D eigenvalue weighted by atomic mass is 10.5. The van der Waals surface area contributed by atoms with E-state index >= 15 is 0 Å².